The molecule has 104 valence electrons. The van der Waals surface area contributed by atoms with Gasteiger partial charge in [-0.3, -0.25) is 10.1 Å². The van der Waals surface area contributed by atoms with E-state index < -0.39 is 4.92 Å². The second kappa shape index (κ2) is 6.36. The average molecular weight is 293 g/mol. The summed E-state index contributed by atoms with van der Waals surface area (Å²) in [4.78, 5) is 10.2. The summed E-state index contributed by atoms with van der Waals surface area (Å²) < 4.78 is 5.73. The van der Waals surface area contributed by atoms with Gasteiger partial charge in [0.05, 0.1) is 4.92 Å². The molecular formula is C14H13ClN2O3. The molecule has 2 aromatic rings. The maximum absolute atomic E-state index is 10.7. The fourth-order valence-corrected chi connectivity index (χ4v) is 2.01. The number of halogens is 1. The minimum absolute atomic E-state index is 0.0543. The van der Waals surface area contributed by atoms with E-state index in [9.17, 15) is 10.1 Å². The molecule has 0 aliphatic heterocycles. The molecule has 0 heterocycles. The zero-order valence-corrected chi connectivity index (χ0v) is 11.6. The fourth-order valence-electron chi connectivity index (χ4n) is 1.77. The molecule has 1 N–H and O–H groups in total. The number of hydrogen-bond acceptors (Lipinski definition) is 4. The van der Waals surface area contributed by atoms with E-state index in [1.54, 1.807) is 0 Å². The van der Waals surface area contributed by atoms with Crippen LogP contribution in [0.15, 0.2) is 42.5 Å². The predicted molar refractivity (Wildman–Crippen MR) is 77.4 cm³/mol. The molecule has 0 unspecified atom stereocenters. The highest BCUT2D eigenvalue weighted by atomic mass is 35.5. The number of benzene rings is 2. The number of rotatable bonds is 5. The number of nitrogens with zero attached hydrogens (tertiary/aromatic N) is 1. The summed E-state index contributed by atoms with van der Waals surface area (Å²) >= 11 is 5.86. The Bertz CT molecular complexity index is 632. The summed E-state index contributed by atoms with van der Waals surface area (Å²) in [5.74, 6) is 1.15. The molecule has 20 heavy (non-hydrogen) atoms. The van der Waals surface area contributed by atoms with Crippen LogP contribution in [0.5, 0.6) is 11.5 Å². The van der Waals surface area contributed by atoms with Crippen LogP contribution in [0.2, 0.25) is 5.02 Å². The summed E-state index contributed by atoms with van der Waals surface area (Å²) in [7, 11) is 1.85. The molecule has 0 spiro atoms. The first kappa shape index (κ1) is 14.3. The van der Waals surface area contributed by atoms with E-state index in [4.69, 9.17) is 16.3 Å². The highest BCUT2D eigenvalue weighted by Crippen LogP contribution is 2.32. The van der Waals surface area contributed by atoms with Crippen LogP contribution in [0, 0.1) is 10.1 Å². The molecule has 0 fully saturated rings. The Hall–Kier alpha value is -2.11. The molecular weight excluding hydrogens is 280 g/mol. The maximum Gasteiger partial charge on any atom is 0.288 e. The summed E-state index contributed by atoms with van der Waals surface area (Å²) in [5.41, 5.74) is 0.854. The van der Waals surface area contributed by atoms with Crippen molar-refractivity contribution in [3.05, 3.63) is 63.2 Å². The number of nitro benzene ring substituents is 1. The van der Waals surface area contributed by atoms with Gasteiger partial charge in [-0.1, -0.05) is 29.8 Å². The Morgan fingerprint density at radius 3 is 2.70 bits per heavy atom. The molecule has 5 nitrogen and oxygen atoms in total. The van der Waals surface area contributed by atoms with Crippen molar-refractivity contribution in [1.82, 2.24) is 5.32 Å². The maximum atomic E-state index is 10.7. The van der Waals surface area contributed by atoms with E-state index in [2.05, 4.69) is 5.32 Å². The van der Waals surface area contributed by atoms with Crippen LogP contribution in [0.4, 0.5) is 5.69 Å². The van der Waals surface area contributed by atoms with Gasteiger partial charge in [0, 0.05) is 24.2 Å². The highest BCUT2D eigenvalue weighted by molar-refractivity contribution is 6.32. The topological polar surface area (TPSA) is 64.4 Å². The third-order valence-electron chi connectivity index (χ3n) is 2.68. The van der Waals surface area contributed by atoms with Crippen LogP contribution in [0.1, 0.15) is 5.56 Å². The zero-order valence-electron chi connectivity index (χ0n) is 10.8. The van der Waals surface area contributed by atoms with Gasteiger partial charge < -0.3 is 10.1 Å². The molecule has 0 amide bonds. The van der Waals surface area contributed by atoms with Gasteiger partial charge in [-0.25, -0.2) is 0 Å². The van der Waals surface area contributed by atoms with Crippen LogP contribution in [-0.4, -0.2) is 12.0 Å². The molecule has 6 heteroatoms. The molecule has 0 radical (unpaired) electrons. The van der Waals surface area contributed by atoms with Crippen molar-refractivity contribution >= 4 is 17.3 Å². The summed E-state index contributed by atoms with van der Waals surface area (Å²) in [5, 5.41) is 13.8. The third-order valence-corrected chi connectivity index (χ3v) is 2.99. The normalized spacial score (nSPS) is 10.3. The van der Waals surface area contributed by atoms with E-state index in [0.29, 0.717) is 18.0 Å². The first-order valence-corrected chi connectivity index (χ1v) is 6.34. The number of para-hydroxylation sites is 1. The van der Waals surface area contributed by atoms with E-state index in [-0.39, 0.29) is 10.7 Å². The summed E-state index contributed by atoms with van der Waals surface area (Å²) in [6.07, 6.45) is 0. The van der Waals surface area contributed by atoms with Gasteiger partial charge >= 0.3 is 0 Å². The molecule has 2 aromatic carbocycles. The molecule has 0 bridgehead atoms. The number of hydrogen-bond donors (Lipinski definition) is 1. The van der Waals surface area contributed by atoms with Crippen molar-refractivity contribution in [2.45, 2.75) is 6.54 Å². The van der Waals surface area contributed by atoms with E-state index in [1.807, 2.05) is 31.3 Å². The van der Waals surface area contributed by atoms with E-state index in [0.717, 1.165) is 5.56 Å². The van der Waals surface area contributed by atoms with Crippen molar-refractivity contribution < 1.29 is 9.66 Å². The van der Waals surface area contributed by atoms with Crippen LogP contribution in [0.25, 0.3) is 0 Å². The molecule has 0 aromatic heterocycles. The van der Waals surface area contributed by atoms with Crippen LogP contribution in [-0.2, 0) is 6.54 Å². The lowest BCUT2D eigenvalue weighted by Crippen LogP contribution is -2.06. The van der Waals surface area contributed by atoms with E-state index in [1.165, 1.54) is 18.2 Å². The van der Waals surface area contributed by atoms with Gasteiger partial charge in [0.1, 0.15) is 16.5 Å². The molecule has 0 aliphatic carbocycles. The fraction of sp³-hybridized carbons (Fsp3) is 0.143. The Kier molecular flexibility index (Phi) is 4.55. The van der Waals surface area contributed by atoms with Crippen molar-refractivity contribution in [1.29, 1.82) is 0 Å². The SMILES string of the molecule is CNCc1ccccc1Oc1ccc([N+](=O)[O-])c(Cl)c1. The van der Waals surface area contributed by atoms with Crippen LogP contribution >= 0.6 is 11.6 Å². The molecule has 0 saturated carbocycles. The van der Waals surface area contributed by atoms with Gasteiger partial charge in [0.25, 0.3) is 5.69 Å². The Labute approximate surface area is 121 Å². The Morgan fingerprint density at radius 1 is 1.30 bits per heavy atom. The first-order chi connectivity index (χ1) is 9.61. The third kappa shape index (κ3) is 3.26. The number of nitro groups is 1. The lowest BCUT2D eigenvalue weighted by Gasteiger charge is -2.11. The second-order valence-electron chi connectivity index (χ2n) is 4.11. The zero-order chi connectivity index (χ0) is 14.5. The van der Waals surface area contributed by atoms with E-state index >= 15 is 0 Å². The number of ether oxygens (including phenoxy) is 1. The summed E-state index contributed by atoms with van der Waals surface area (Å²) in [6, 6.07) is 11.9. The largest absolute Gasteiger partial charge is 0.457 e. The number of nitrogens with one attached hydrogen (secondary N) is 1. The second-order valence-corrected chi connectivity index (χ2v) is 4.52. The molecule has 2 rings (SSSR count). The Balaban J connectivity index is 2.26. The van der Waals surface area contributed by atoms with Crippen molar-refractivity contribution in [3.8, 4) is 11.5 Å². The Morgan fingerprint density at radius 2 is 2.05 bits per heavy atom. The lowest BCUT2D eigenvalue weighted by molar-refractivity contribution is -0.384. The smallest absolute Gasteiger partial charge is 0.288 e. The van der Waals surface area contributed by atoms with Gasteiger partial charge in [-0.15, -0.1) is 0 Å². The van der Waals surface area contributed by atoms with Crippen LogP contribution < -0.4 is 10.1 Å². The minimum Gasteiger partial charge on any atom is -0.457 e. The molecule has 0 aliphatic rings. The van der Waals surface area contributed by atoms with Gasteiger partial charge in [-0.2, -0.15) is 0 Å². The van der Waals surface area contributed by atoms with Gasteiger partial charge in [-0.05, 0) is 19.2 Å². The van der Waals surface area contributed by atoms with Crippen molar-refractivity contribution in [2.75, 3.05) is 7.05 Å². The highest BCUT2D eigenvalue weighted by Gasteiger charge is 2.13. The average Bonchev–Trinajstić information content (AvgIpc) is 2.41. The van der Waals surface area contributed by atoms with Crippen LogP contribution in [0.3, 0.4) is 0 Å². The quantitative estimate of drug-likeness (QED) is 0.673. The first-order valence-electron chi connectivity index (χ1n) is 5.96. The van der Waals surface area contributed by atoms with Crippen molar-refractivity contribution in [3.63, 3.8) is 0 Å². The van der Waals surface area contributed by atoms with Gasteiger partial charge in [0.15, 0.2) is 0 Å². The standard InChI is InChI=1S/C14H13ClN2O3/c1-16-9-10-4-2-3-5-14(10)20-11-6-7-13(17(18)19)12(15)8-11/h2-8,16H,9H2,1H3. The molecule has 0 saturated heterocycles. The van der Waals surface area contributed by atoms with Gasteiger partial charge in [0.2, 0.25) is 0 Å². The monoisotopic (exact) mass is 292 g/mol. The summed E-state index contributed by atoms with van der Waals surface area (Å²) in [6.45, 7) is 0.664. The predicted octanol–water partition coefficient (Wildman–Crippen LogP) is 3.76. The molecule has 0 atom stereocenters. The lowest BCUT2D eigenvalue weighted by atomic mass is 10.2. The minimum atomic E-state index is -0.527. The van der Waals surface area contributed by atoms with Crippen molar-refractivity contribution in [2.24, 2.45) is 0 Å².